The lowest BCUT2D eigenvalue weighted by Crippen LogP contribution is -2.08. The summed E-state index contributed by atoms with van der Waals surface area (Å²) in [5.74, 6) is 3.18. The molecule has 2 rings (SSSR count). The molecule has 3 nitrogen and oxygen atoms in total. The standard InChI is InChI=1S/C9H15N3S2/c10-4-3-8-11-12-9(14-8)7-2-1-5-13-6-7/h7H,1-6,10H2. The molecule has 14 heavy (non-hydrogen) atoms. The van der Waals surface area contributed by atoms with Crippen LogP contribution in [0.25, 0.3) is 0 Å². The molecule has 0 saturated carbocycles. The van der Waals surface area contributed by atoms with Crippen molar-refractivity contribution in [2.24, 2.45) is 5.73 Å². The molecule has 1 atom stereocenters. The maximum Gasteiger partial charge on any atom is 0.121 e. The van der Waals surface area contributed by atoms with Gasteiger partial charge in [-0.15, -0.1) is 21.5 Å². The van der Waals surface area contributed by atoms with Crippen LogP contribution >= 0.6 is 23.1 Å². The van der Waals surface area contributed by atoms with Crippen LogP contribution in [0.1, 0.15) is 28.8 Å². The average Bonchev–Trinajstić information content (AvgIpc) is 2.68. The van der Waals surface area contributed by atoms with Crippen molar-refractivity contribution in [2.75, 3.05) is 18.1 Å². The largest absolute Gasteiger partial charge is 0.330 e. The molecule has 0 amide bonds. The van der Waals surface area contributed by atoms with E-state index in [-0.39, 0.29) is 0 Å². The number of aromatic nitrogens is 2. The first kappa shape index (κ1) is 10.4. The maximum atomic E-state index is 5.48. The van der Waals surface area contributed by atoms with E-state index in [1.807, 2.05) is 11.8 Å². The number of rotatable bonds is 3. The molecule has 1 aliphatic rings. The summed E-state index contributed by atoms with van der Waals surface area (Å²) >= 11 is 3.78. The molecule has 1 fully saturated rings. The van der Waals surface area contributed by atoms with Gasteiger partial charge in [-0.1, -0.05) is 0 Å². The average molecular weight is 229 g/mol. The van der Waals surface area contributed by atoms with E-state index in [4.69, 9.17) is 5.73 Å². The first-order valence-corrected chi connectivity index (χ1v) is 6.97. The molecule has 1 saturated heterocycles. The van der Waals surface area contributed by atoms with Gasteiger partial charge in [0.2, 0.25) is 0 Å². The first-order chi connectivity index (χ1) is 6.90. The monoisotopic (exact) mass is 229 g/mol. The predicted octanol–water partition coefficient (Wildman–Crippen LogP) is 1.65. The number of nitrogens with two attached hydrogens (primary N) is 1. The molecule has 1 aromatic rings. The third-order valence-electron chi connectivity index (χ3n) is 2.35. The fourth-order valence-corrected chi connectivity index (χ4v) is 3.84. The smallest absolute Gasteiger partial charge is 0.121 e. The molecule has 0 radical (unpaired) electrons. The lowest BCUT2D eigenvalue weighted by atomic mass is 10.1. The van der Waals surface area contributed by atoms with Crippen LogP contribution < -0.4 is 5.73 Å². The van der Waals surface area contributed by atoms with Crippen LogP contribution in [-0.4, -0.2) is 28.2 Å². The summed E-state index contributed by atoms with van der Waals surface area (Å²) in [4.78, 5) is 0. The van der Waals surface area contributed by atoms with Crippen LogP contribution in [0.3, 0.4) is 0 Å². The highest BCUT2D eigenvalue weighted by molar-refractivity contribution is 7.99. The molecule has 5 heteroatoms. The Morgan fingerprint density at radius 1 is 1.43 bits per heavy atom. The minimum atomic E-state index is 0.651. The minimum absolute atomic E-state index is 0.651. The van der Waals surface area contributed by atoms with Gasteiger partial charge in [0, 0.05) is 18.1 Å². The van der Waals surface area contributed by atoms with Crippen molar-refractivity contribution >= 4 is 23.1 Å². The Morgan fingerprint density at radius 2 is 2.36 bits per heavy atom. The second kappa shape index (κ2) is 5.09. The van der Waals surface area contributed by atoms with Crippen molar-refractivity contribution in [2.45, 2.75) is 25.2 Å². The van der Waals surface area contributed by atoms with Gasteiger partial charge in [0.1, 0.15) is 10.0 Å². The summed E-state index contributed by atoms with van der Waals surface area (Å²) in [6.07, 6.45) is 3.48. The van der Waals surface area contributed by atoms with E-state index >= 15 is 0 Å². The van der Waals surface area contributed by atoms with E-state index in [9.17, 15) is 0 Å². The summed E-state index contributed by atoms with van der Waals surface area (Å²) in [6.45, 7) is 0.675. The van der Waals surface area contributed by atoms with Crippen LogP contribution in [0.2, 0.25) is 0 Å². The first-order valence-electron chi connectivity index (χ1n) is 5.00. The highest BCUT2D eigenvalue weighted by Crippen LogP contribution is 2.32. The van der Waals surface area contributed by atoms with Crippen molar-refractivity contribution in [3.05, 3.63) is 10.0 Å². The van der Waals surface area contributed by atoms with E-state index in [1.165, 1.54) is 29.4 Å². The van der Waals surface area contributed by atoms with Gasteiger partial charge < -0.3 is 5.73 Å². The fraction of sp³-hybridized carbons (Fsp3) is 0.778. The summed E-state index contributed by atoms with van der Waals surface area (Å²) in [6, 6.07) is 0. The van der Waals surface area contributed by atoms with Crippen LogP contribution in [0.15, 0.2) is 0 Å². The summed E-state index contributed by atoms with van der Waals surface area (Å²) in [5, 5.41) is 10.7. The summed E-state index contributed by atoms with van der Waals surface area (Å²) in [5.41, 5.74) is 5.48. The number of hydrogen-bond acceptors (Lipinski definition) is 5. The normalized spacial score (nSPS) is 22.5. The Morgan fingerprint density at radius 3 is 3.07 bits per heavy atom. The van der Waals surface area contributed by atoms with Gasteiger partial charge in [-0.3, -0.25) is 0 Å². The number of nitrogens with zero attached hydrogens (tertiary/aromatic N) is 2. The molecule has 2 N–H and O–H groups in total. The second-order valence-corrected chi connectivity index (χ2v) is 5.73. The lowest BCUT2D eigenvalue weighted by Gasteiger charge is -2.17. The molecular weight excluding hydrogens is 214 g/mol. The molecule has 78 valence electrons. The molecule has 2 heterocycles. The van der Waals surface area contributed by atoms with Gasteiger partial charge in [-0.05, 0) is 25.1 Å². The second-order valence-electron chi connectivity index (χ2n) is 3.49. The molecule has 1 unspecified atom stereocenters. The third-order valence-corrected chi connectivity index (χ3v) is 4.71. The highest BCUT2D eigenvalue weighted by Gasteiger charge is 2.19. The predicted molar refractivity (Wildman–Crippen MR) is 62.0 cm³/mol. The van der Waals surface area contributed by atoms with Crippen molar-refractivity contribution in [1.82, 2.24) is 10.2 Å². The molecule has 0 aliphatic carbocycles. The SMILES string of the molecule is NCCc1nnc(C2CCCSC2)s1. The Hall–Kier alpha value is -0.130. The van der Waals surface area contributed by atoms with Gasteiger partial charge in [0.15, 0.2) is 0 Å². The van der Waals surface area contributed by atoms with Crippen LogP contribution in [0.4, 0.5) is 0 Å². The fourth-order valence-electron chi connectivity index (χ4n) is 1.59. The zero-order valence-corrected chi connectivity index (χ0v) is 9.74. The van der Waals surface area contributed by atoms with E-state index in [0.717, 1.165) is 11.4 Å². The van der Waals surface area contributed by atoms with Crippen LogP contribution in [0, 0.1) is 0 Å². The topological polar surface area (TPSA) is 51.8 Å². The van der Waals surface area contributed by atoms with E-state index in [0.29, 0.717) is 12.5 Å². The van der Waals surface area contributed by atoms with E-state index in [1.54, 1.807) is 11.3 Å². The lowest BCUT2D eigenvalue weighted by molar-refractivity contribution is 0.648. The molecule has 1 aromatic heterocycles. The van der Waals surface area contributed by atoms with Crippen LogP contribution in [-0.2, 0) is 6.42 Å². The van der Waals surface area contributed by atoms with Crippen molar-refractivity contribution < 1.29 is 0 Å². The number of thioether (sulfide) groups is 1. The number of hydrogen-bond donors (Lipinski definition) is 1. The minimum Gasteiger partial charge on any atom is -0.330 e. The van der Waals surface area contributed by atoms with Crippen molar-refractivity contribution in [1.29, 1.82) is 0 Å². The summed E-state index contributed by atoms with van der Waals surface area (Å²) < 4.78 is 0. The van der Waals surface area contributed by atoms with Gasteiger partial charge in [-0.25, -0.2) is 0 Å². The quantitative estimate of drug-likeness (QED) is 0.856. The highest BCUT2D eigenvalue weighted by atomic mass is 32.2. The third kappa shape index (κ3) is 2.46. The van der Waals surface area contributed by atoms with Gasteiger partial charge in [-0.2, -0.15) is 11.8 Å². The Kier molecular flexibility index (Phi) is 3.78. The molecule has 0 aromatic carbocycles. The van der Waals surface area contributed by atoms with Gasteiger partial charge in [0.05, 0.1) is 0 Å². The van der Waals surface area contributed by atoms with Gasteiger partial charge in [0.25, 0.3) is 0 Å². The zero-order valence-electron chi connectivity index (χ0n) is 8.11. The van der Waals surface area contributed by atoms with E-state index in [2.05, 4.69) is 10.2 Å². The molecular formula is C9H15N3S2. The summed E-state index contributed by atoms with van der Waals surface area (Å²) in [7, 11) is 0. The Labute approximate surface area is 92.5 Å². The van der Waals surface area contributed by atoms with E-state index < -0.39 is 0 Å². The van der Waals surface area contributed by atoms with Crippen LogP contribution in [0.5, 0.6) is 0 Å². The Bertz CT molecular complexity index is 281. The molecule has 1 aliphatic heterocycles. The molecule has 0 spiro atoms. The maximum absolute atomic E-state index is 5.48. The van der Waals surface area contributed by atoms with Crippen molar-refractivity contribution in [3.63, 3.8) is 0 Å². The van der Waals surface area contributed by atoms with Gasteiger partial charge >= 0.3 is 0 Å². The molecule has 0 bridgehead atoms. The van der Waals surface area contributed by atoms with Crippen molar-refractivity contribution in [3.8, 4) is 0 Å². The zero-order chi connectivity index (χ0) is 9.80. The Balaban J connectivity index is 2.00.